The van der Waals surface area contributed by atoms with Crippen molar-refractivity contribution in [2.45, 2.75) is 37.3 Å². The zero-order valence-electron chi connectivity index (χ0n) is 17.3. The number of hydrogen-bond donors (Lipinski definition) is 2. The highest BCUT2D eigenvalue weighted by atomic mass is 16.2. The van der Waals surface area contributed by atoms with Gasteiger partial charge in [0.2, 0.25) is 11.8 Å². The minimum absolute atomic E-state index is 0.0266. The van der Waals surface area contributed by atoms with Gasteiger partial charge in [0.25, 0.3) is 5.56 Å². The Labute approximate surface area is 171 Å². The van der Waals surface area contributed by atoms with E-state index < -0.39 is 0 Å². The summed E-state index contributed by atoms with van der Waals surface area (Å²) in [5.41, 5.74) is 0.957. The van der Waals surface area contributed by atoms with Gasteiger partial charge in [0.1, 0.15) is 0 Å². The highest BCUT2D eigenvalue weighted by molar-refractivity contribution is 5.82. The number of nitrogens with zero attached hydrogens (tertiary/aromatic N) is 3. The second-order valence-corrected chi connectivity index (χ2v) is 8.85. The van der Waals surface area contributed by atoms with Gasteiger partial charge in [0.05, 0.1) is 18.6 Å². The first-order chi connectivity index (χ1) is 13.9. The maximum Gasteiger partial charge on any atom is 0.251 e. The van der Waals surface area contributed by atoms with Gasteiger partial charge < -0.3 is 25.0 Å². The second-order valence-electron chi connectivity index (χ2n) is 8.85. The summed E-state index contributed by atoms with van der Waals surface area (Å²) >= 11 is 0. The Morgan fingerprint density at radius 3 is 2.83 bits per heavy atom. The fourth-order valence-corrected chi connectivity index (χ4v) is 5.16. The Kier molecular flexibility index (Phi) is 5.74. The minimum Gasteiger partial charge on any atom is -0.353 e. The minimum atomic E-state index is -0.131. The van der Waals surface area contributed by atoms with Gasteiger partial charge in [-0.25, -0.2) is 0 Å². The first kappa shape index (κ1) is 20.1. The van der Waals surface area contributed by atoms with E-state index in [9.17, 15) is 14.4 Å². The molecule has 4 atom stereocenters. The molecular formula is C21H31N5O3. The van der Waals surface area contributed by atoms with Gasteiger partial charge >= 0.3 is 0 Å². The third-order valence-corrected chi connectivity index (χ3v) is 6.44. The van der Waals surface area contributed by atoms with Gasteiger partial charge in [0, 0.05) is 37.3 Å². The summed E-state index contributed by atoms with van der Waals surface area (Å²) in [7, 11) is 3.71. The van der Waals surface area contributed by atoms with Crippen molar-refractivity contribution in [2.75, 3.05) is 46.8 Å². The van der Waals surface area contributed by atoms with E-state index in [1.54, 1.807) is 12.1 Å². The molecule has 3 aliphatic rings. The molecule has 4 rings (SSSR count). The Bertz CT molecular complexity index is 830. The number of rotatable bonds is 5. The molecule has 1 aromatic heterocycles. The van der Waals surface area contributed by atoms with Crippen LogP contribution in [0.5, 0.6) is 0 Å². The van der Waals surface area contributed by atoms with Crippen molar-refractivity contribution in [3.8, 4) is 0 Å². The van der Waals surface area contributed by atoms with Crippen LogP contribution in [0.15, 0.2) is 23.0 Å². The Balaban J connectivity index is 1.57. The number of aromatic nitrogens is 1. The van der Waals surface area contributed by atoms with Crippen LogP contribution in [0.25, 0.3) is 0 Å². The van der Waals surface area contributed by atoms with Crippen molar-refractivity contribution >= 4 is 11.8 Å². The van der Waals surface area contributed by atoms with Crippen molar-refractivity contribution in [1.29, 1.82) is 0 Å². The molecular weight excluding hydrogens is 370 g/mol. The van der Waals surface area contributed by atoms with E-state index in [1.807, 2.05) is 34.5 Å². The van der Waals surface area contributed by atoms with E-state index >= 15 is 0 Å². The molecule has 3 aliphatic heterocycles. The number of likely N-dealkylation sites (N-methyl/N-ethyl adjacent to an activating group) is 1. The molecule has 0 aromatic carbocycles. The highest BCUT2D eigenvalue weighted by Crippen LogP contribution is 2.41. The lowest BCUT2D eigenvalue weighted by atomic mass is 9.78. The molecule has 2 bridgehead atoms. The van der Waals surface area contributed by atoms with Gasteiger partial charge in [-0.3, -0.25) is 14.4 Å². The lowest BCUT2D eigenvalue weighted by Gasteiger charge is -2.47. The van der Waals surface area contributed by atoms with E-state index in [4.69, 9.17) is 0 Å². The second kappa shape index (κ2) is 8.28. The summed E-state index contributed by atoms with van der Waals surface area (Å²) in [6, 6.07) is 5.18. The number of carbonyl (C=O) groups excluding carboxylic acids is 2. The van der Waals surface area contributed by atoms with Gasteiger partial charge in [-0.15, -0.1) is 0 Å². The molecule has 0 unspecified atom stereocenters. The topological polar surface area (TPSA) is 86.7 Å². The summed E-state index contributed by atoms with van der Waals surface area (Å²) < 4.78 is 1.87. The van der Waals surface area contributed by atoms with E-state index in [0.717, 1.165) is 31.5 Å². The van der Waals surface area contributed by atoms with Gasteiger partial charge in [0.15, 0.2) is 0 Å². The molecule has 2 amide bonds. The third kappa shape index (κ3) is 4.09. The van der Waals surface area contributed by atoms with E-state index in [0.29, 0.717) is 26.2 Å². The molecule has 29 heavy (non-hydrogen) atoms. The molecule has 8 heteroatoms. The Hall–Kier alpha value is -2.19. The van der Waals surface area contributed by atoms with Crippen LogP contribution >= 0.6 is 0 Å². The van der Waals surface area contributed by atoms with Crippen molar-refractivity contribution < 1.29 is 9.59 Å². The largest absolute Gasteiger partial charge is 0.353 e. The number of carbonyl (C=O) groups is 2. The molecule has 4 heterocycles. The number of fused-ring (bicyclic) bond motifs is 4. The van der Waals surface area contributed by atoms with Crippen LogP contribution in [-0.4, -0.2) is 79.0 Å². The third-order valence-electron chi connectivity index (χ3n) is 6.44. The predicted molar refractivity (Wildman–Crippen MR) is 110 cm³/mol. The van der Waals surface area contributed by atoms with Crippen LogP contribution in [0.1, 0.15) is 36.9 Å². The fraction of sp³-hybridized carbons (Fsp3) is 0.667. The summed E-state index contributed by atoms with van der Waals surface area (Å²) in [6.07, 6.45) is 2.88. The number of pyridine rings is 1. The number of piperidine rings is 1. The first-order valence-electron chi connectivity index (χ1n) is 10.6. The van der Waals surface area contributed by atoms with Crippen molar-refractivity contribution in [1.82, 2.24) is 25.0 Å². The molecule has 158 valence electrons. The van der Waals surface area contributed by atoms with Crippen LogP contribution in [0.4, 0.5) is 0 Å². The van der Waals surface area contributed by atoms with E-state index in [1.165, 1.54) is 0 Å². The van der Waals surface area contributed by atoms with E-state index in [2.05, 4.69) is 10.6 Å². The number of nitrogens with one attached hydrogen (secondary N) is 2. The zero-order valence-corrected chi connectivity index (χ0v) is 17.3. The summed E-state index contributed by atoms with van der Waals surface area (Å²) in [5.74, 6) is 0.453. The maximum absolute atomic E-state index is 13.0. The highest BCUT2D eigenvalue weighted by Gasteiger charge is 2.43. The van der Waals surface area contributed by atoms with Crippen LogP contribution in [0.2, 0.25) is 0 Å². The smallest absolute Gasteiger partial charge is 0.251 e. The SMILES string of the molecule is CN(C)CC(=O)NC[C@H]1[C@H]2C[C@H](CN(C(=O)[C@@H]3CCCN3)C2)c2cccc(=O)n21. The van der Waals surface area contributed by atoms with Crippen molar-refractivity contribution in [2.24, 2.45) is 5.92 Å². The van der Waals surface area contributed by atoms with Crippen molar-refractivity contribution in [3.05, 3.63) is 34.2 Å². The molecule has 2 fully saturated rings. The first-order valence-corrected chi connectivity index (χ1v) is 10.6. The predicted octanol–water partition coefficient (Wildman–Crippen LogP) is -0.235. The lowest BCUT2D eigenvalue weighted by molar-refractivity contribution is -0.136. The maximum atomic E-state index is 13.0. The normalized spacial score (nSPS) is 28.3. The zero-order chi connectivity index (χ0) is 20.5. The van der Waals surface area contributed by atoms with Crippen LogP contribution < -0.4 is 16.2 Å². The quantitative estimate of drug-likeness (QED) is 0.712. The van der Waals surface area contributed by atoms with Gasteiger partial charge in [-0.2, -0.15) is 0 Å². The Morgan fingerprint density at radius 2 is 2.10 bits per heavy atom. The molecule has 2 N–H and O–H groups in total. The summed E-state index contributed by atoms with van der Waals surface area (Å²) in [6.45, 7) is 2.92. The van der Waals surface area contributed by atoms with Crippen molar-refractivity contribution in [3.63, 3.8) is 0 Å². The van der Waals surface area contributed by atoms with Gasteiger partial charge in [-0.05, 0) is 51.9 Å². The van der Waals surface area contributed by atoms with Crippen LogP contribution in [0, 0.1) is 5.92 Å². The average molecular weight is 402 g/mol. The molecule has 2 saturated heterocycles. The van der Waals surface area contributed by atoms with Crippen LogP contribution in [0.3, 0.4) is 0 Å². The van der Waals surface area contributed by atoms with Crippen LogP contribution in [-0.2, 0) is 9.59 Å². The monoisotopic (exact) mass is 401 g/mol. The molecule has 8 nitrogen and oxygen atoms in total. The summed E-state index contributed by atoms with van der Waals surface area (Å²) in [4.78, 5) is 41.7. The molecule has 1 aromatic rings. The lowest BCUT2D eigenvalue weighted by Crippen LogP contribution is -2.55. The molecule has 0 saturated carbocycles. The molecule has 0 aliphatic carbocycles. The van der Waals surface area contributed by atoms with E-state index in [-0.39, 0.29) is 41.3 Å². The number of likely N-dealkylation sites (tertiary alicyclic amines) is 1. The number of amides is 2. The average Bonchev–Trinajstić information content (AvgIpc) is 3.22. The fourth-order valence-electron chi connectivity index (χ4n) is 5.16. The molecule has 0 spiro atoms. The van der Waals surface area contributed by atoms with Gasteiger partial charge in [-0.1, -0.05) is 6.07 Å². The standard InChI is InChI=1S/C21H31N5O3/c1-24(2)13-19(27)23-10-18-15-9-14(17-6-3-7-20(28)26(17)18)11-25(12-15)21(29)16-5-4-8-22-16/h3,6-7,14-16,18,22H,4-5,8-13H2,1-2H3,(H,23,27)/t14-,15+,16+,18+/m1/s1. The Morgan fingerprint density at radius 1 is 1.28 bits per heavy atom. The number of hydrogen-bond acceptors (Lipinski definition) is 5. The molecule has 0 radical (unpaired) electrons. The summed E-state index contributed by atoms with van der Waals surface area (Å²) in [5, 5.41) is 6.31.